The highest BCUT2D eigenvalue weighted by molar-refractivity contribution is 6.31. The molecule has 3 rings (SSSR count). The van der Waals surface area contributed by atoms with Crippen molar-refractivity contribution >= 4 is 22.8 Å². The molecule has 0 unspecified atom stereocenters. The van der Waals surface area contributed by atoms with Crippen molar-refractivity contribution in [3.8, 4) is 17.5 Å². The molecule has 21 heavy (non-hydrogen) atoms. The van der Waals surface area contributed by atoms with E-state index in [1.807, 2.05) is 16.7 Å². The van der Waals surface area contributed by atoms with E-state index in [9.17, 15) is 0 Å². The van der Waals surface area contributed by atoms with Crippen LogP contribution < -0.4 is 0 Å². The van der Waals surface area contributed by atoms with E-state index >= 15 is 0 Å². The Kier molecular flexibility index (Phi) is 3.80. The second kappa shape index (κ2) is 5.90. The number of nitrogens with zero attached hydrogens (tertiary/aromatic N) is 5. The van der Waals surface area contributed by atoms with Crippen molar-refractivity contribution in [1.82, 2.24) is 19.5 Å². The van der Waals surface area contributed by atoms with Crippen LogP contribution in [0, 0.1) is 11.3 Å². The fraction of sp³-hybridized carbons (Fsp3) is 0.200. The summed E-state index contributed by atoms with van der Waals surface area (Å²) in [7, 11) is 0. The predicted octanol–water partition coefficient (Wildman–Crippen LogP) is 3.45. The topological polar surface area (TPSA) is 67.4 Å². The van der Waals surface area contributed by atoms with Crippen LogP contribution in [-0.2, 0) is 6.54 Å². The van der Waals surface area contributed by atoms with Gasteiger partial charge in [0.15, 0.2) is 5.65 Å². The molecule has 0 aliphatic carbocycles. The molecule has 3 aromatic rings. The fourth-order valence-electron chi connectivity index (χ4n) is 2.24. The maximum atomic E-state index is 8.71. The lowest BCUT2D eigenvalue weighted by molar-refractivity contribution is 0.670. The van der Waals surface area contributed by atoms with Crippen molar-refractivity contribution in [2.24, 2.45) is 0 Å². The summed E-state index contributed by atoms with van der Waals surface area (Å²) in [6.45, 7) is 0.691. The number of hydrogen-bond acceptors (Lipinski definition) is 4. The number of fused-ring (bicyclic) bond motifs is 1. The minimum Gasteiger partial charge on any atom is -0.309 e. The normalized spacial score (nSPS) is 10.7. The first-order chi connectivity index (χ1) is 10.3. The number of pyridine rings is 2. The van der Waals surface area contributed by atoms with Gasteiger partial charge in [0.25, 0.3) is 0 Å². The van der Waals surface area contributed by atoms with E-state index in [0.29, 0.717) is 18.0 Å². The zero-order valence-corrected chi connectivity index (χ0v) is 12.0. The Morgan fingerprint density at radius 2 is 2.10 bits per heavy atom. The van der Waals surface area contributed by atoms with Crippen LogP contribution in [0.1, 0.15) is 12.8 Å². The Morgan fingerprint density at radius 3 is 2.86 bits per heavy atom. The molecule has 6 heteroatoms. The minimum absolute atomic E-state index is 0.503. The number of halogens is 1. The van der Waals surface area contributed by atoms with Crippen LogP contribution in [0.15, 0.2) is 36.8 Å². The van der Waals surface area contributed by atoms with Crippen molar-refractivity contribution < 1.29 is 0 Å². The second-order valence-electron chi connectivity index (χ2n) is 4.58. The fourth-order valence-corrected chi connectivity index (χ4v) is 2.39. The highest BCUT2D eigenvalue weighted by Crippen LogP contribution is 2.25. The van der Waals surface area contributed by atoms with Crippen molar-refractivity contribution in [2.75, 3.05) is 0 Å². The van der Waals surface area contributed by atoms with Crippen LogP contribution in [0.25, 0.3) is 22.6 Å². The molecular weight excluding hydrogens is 286 g/mol. The Labute approximate surface area is 126 Å². The van der Waals surface area contributed by atoms with Crippen LogP contribution >= 0.6 is 11.6 Å². The number of hydrogen-bond donors (Lipinski definition) is 0. The van der Waals surface area contributed by atoms with Gasteiger partial charge in [0, 0.05) is 37.1 Å². The molecule has 0 atom stereocenters. The largest absolute Gasteiger partial charge is 0.309 e. The Bertz CT molecular complexity index is 804. The lowest BCUT2D eigenvalue weighted by atomic mass is 10.2. The highest BCUT2D eigenvalue weighted by atomic mass is 35.5. The van der Waals surface area contributed by atoms with Gasteiger partial charge in [-0.15, -0.1) is 0 Å². The van der Waals surface area contributed by atoms with Gasteiger partial charge in [-0.2, -0.15) is 5.26 Å². The summed E-state index contributed by atoms with van der Waals surface area (Å²) in [6.07, 6.45) is 6.33. The van der Waals surface area contributed by atoms with E-state index in [-0.39, 0.29) is 0 Å². The van der Waals surface area contributed by atoms with Crippen LogP contribution in [-0.4, -0.2) is 19.5 Å². The molecule has 0 amide bonds. The third kappa shape index (κ3) is 2.71. The van der Waals surface area contributed by atoms with Crippen molar-refractivity contribution in [1.29, 1.82) is 5.26 Å². The lowest BCUT2D eigenvalue weighted by Gasteiger charge is -2.07. The van der Waals surface area contributed by atoms with Crippen LogP contribution in [0.2, 0.25) is 5.02 Å². The number of unbranched alkanes of at least 4 members (excludes halogenated alkanes) is 1. The number of nitriles is 1. The molecule has 0 N–H and O–H groups in total. The molecule has 0 bridgehead atoms. The monoisotopic (exact) mass is 297 g/mol. The van der Waals surface area contributed by atoms with Gasteiger partial charge in [-0.3, -0.25) is 4.98 Å². The van der Waals surface area contributed by atoms with Gasteiger partial charge in [0.1, 0.15) is 11.3 Å². The Morgan fingerprint density at radius 1 is 1.29 bits per heavy atom. The number of rotatable bonds is 4. The first-order valence-corrected chi connectivity index (χ1v) is 6.96. The number of aromatic nitrogens is 4. The van der Waals surface area contributed by atoms with E-state index in [0.717, 1.165) is 29.0 Å². The third-order valence-corrected chi connectivity index (χ3v) is 3.37. The van der Waals surface area contributed by atoms with Crippen LogP contribution in [0.5, 0.6) is 0 Å². The lowest BCUT2D eigenvalue weighted by Crippen LogP contribution is -2.01. The average molecular weight is 298 g/mol. The molecule has 3 aromatic heterocycles. The molecule has 0 spiro atoms. The van der Waals surface area contributed by atoms with Crippen LogP contribution in [0.4, 0.5) is 0 Å². The van der Waals surface area contributed by atoms with E-state index in [1.165, 1.54) is 0 Å². The summed E-state index contributed by atoms with van der Waals surface area (Å²) in [4.78, 5) is 13.0. The van der Waals surface area contributed by atoms with Gasteiger partial charge >= 0.3 is 0 Å². The standard InChI is InChI=1S/C15H12ClN5/c16-12-9-13-15(19-10-12)21(8-2-1-5-17)14(20-13)11-3-6-18-7-4-11/h3-4,6-7,9-10H,1-2,8H2. The van der Waals surface area contributed by atoms with Gasteiger partial charge in [-0.1, -0.05) is 11.6 Å². The molecule has 0 aliphatic heterocycles. The Hall–Kier alpha value is -2.45. The Balaban J connectivity index is 2.13. The maximum absolute atomic E-state index is 8.71. The van der Waals surface area contributed by atoms with Gasteiger partial charge in [-0.05, 0) is 24.6 Å². The van der Waals surface area contributed by atoms with Gasteiger partial charge in [0.05, 0.1) is 11.1 Å². The first-order valence-electron chi connectivity index (χ1n) is 6.59. The summed E-state index contributed by atoms with van der Waals surface area (Å²) < 4.78 is 2.03. The summed E-state index contributed by atoms with van der Waals surface area (Å²) in [6, 6.07) is 7.77. The molecule has 3 heterocycles. The first kappa shape index (κ1) is 13.5. The summed E-state index contributed by atoms with van der Waals surface area (Å²) in [5.41, 5.74) is 2.51. The average Bonchev–Trinajstić information content (AvgIpc) is 2.86. The molecule has 0 saturated carbocycles. The number of aryl methyl sites for hydroxylation is 1. The minimum atomic E-state index is 0.503. The van der Waals surface area contributed by atoms with E-state index < -0.39 is 0 Å². The van der Waals surface area contributed by atoms with Crippen molar-refractivity contribution in [3.05, 3.63) is 41.8 Å². The maximum Gasteiger partial charge on any atom is 0.160 e. The molecule has 0 radical (unpaired) electrons. The molecule has 0 aliphatic rings. The van der Waals surface area contributed by atoms with Crippen LogP contribution in [0.3, 0.4) is 0 Å². The SMILES string of the molecule is N#CCCCn1c(-c2ccncc2)nc2cc(Cl)cnc21. The molecule has 0 aromatic carbocycles. The molecule has 0 fully saturated rings. The third-order valence-electron chi connectivity index (χ3n) is 3.16. The quantitative estimate of drug-likeness (QED) is 0.692. The smallest absolute Gasteiger partial charge is 0.160 e. The van der Waals surface area contributed by atoms with Crippen molar-refractivity contribution in [3.63, 3.8) is 0 Å². The molecule has 104 valence electrons. The van der Waals surface area contributed by atoms with Gasteiger partial charge < -0.3 is 4.57 Å². The predicted molar refractivity (Wildman–Crippen MR) is 80.6 cm³/mol. The van der Waals surface area contributed by atoms with Gasteiger partial charge in [0.2, 0.25) is 0 Å². The van der Waals surface area contributed by atoms with Gasteiger partial charge in [-0.25, -0.2) is 9.97 Å². The molecule has 0 saturated heterocycles. The zero-order valence-electron chi connectivity index (χ0n) is 11.2. The highest BCUT2D eigenvalue weighted by Gasteiger charge is 2.13. The van der Waals surface area contributed by atoms with Crippen molar-refractivity contribution in [2.45, 2.75) is 19.4 Å². The summed E-state index contributed by atoms with van der Waals surface area (Å²) >= 11 is 5.99. The summed E-state index contributed by atoms with van der Waals surface area (Å²) in [5.74, 6) is 0.820. The molecular formula is C15H12ClN5. The van der Waals surface area contributed by atoms with E-state index in [1.54, 1.807) is 24.7 Å². The zero-order chi connectivity index (χ0) is 14.7. The number of imidazole rings is 1. The summed E-state index contributed by atoms with van der Waals surface area (Å²) in [5, 5.41) is 9.28. The van der Waals surface area contributed by atoms with E-state index in [2.05, 4.69) is 21.0 Å². The molecule has 5 nitrogen and oxygen atoms in total. The van der Waals surface area contributed by atoms with E-state index in [4.69, 9.17) is 16.9 Å². The second-order valence-corrected chi connectivity index (χ2v) is 5.02.